The fourth-order valence-corrected chi connectivity index (χ4v) is 3.46. The molecule has 4 atom stereocenters. The normalized spacial score (nSPS) is 13.8. The molecule has 2 aromatic rings. The molecule has 0 saturated carbocycles. The number of aliphatic imine (C=N–C) groups is 1. The molecule has 2 rings (SSSR count). The lowest BCUT2D eigenvalue weighted by molar-refractivity contribution is -0.141. The molecule has 0 radical (unpaired) electrons. The van der Waals surface area contributed by atoms with Crippen molar-refractivity contribution in [3.05, 3.63) is 54.1 Å². The lowest BCUT2D eigenvalue weighted by Crippen LogP contribution is -2.58. The Bertz CT molecular complexity index is 1090. The molecule has 11 N–H and O–H groups in total. The van der Waals surface area contributed by atoms with Crippen LogP contribution in [0, 0.1) is 0 Å². The summed E-state index contributed by atoms with van der Waals surface area (Å²) in [6.07, 6.45) is 3.77. The van der Waals surface area contributed by atoms with Crippen molar-refractivity contribution in [2.24, 2.45) is 22.2 Å². The largest absolute Gasteiger partial charge is 0.480 e. The summed E-state index contributed by atoms with van der Waals surface area (Å²) in [5.74, 6) is -3.19. The van der Waals surface area contributed by atoms with Gasteiger partial charge in [0.1, 0.15) is 18.1 Å². The van der Waals surface area contributed by atoms with Crippen LogP contribution in [0.5, 0.6) is 0 Å². The fraction of sp³-hybridized carbons (Fsp3) is 0.417. The highest BCUT2D eigenvalue weighted by Crippen LogP contribution is 2.07. The zero-order valence-electron chi connectivity index (χ0n) is 21.1. The first-order chi connectivity index (χ1) is 18.1. The summed E-state index contributed by atoms with van der Waals surface area (Å²) < 4.78 is 0. The van der Waals surface area contributed by atoms with E-state index in [-0.39, 0.29) is 25.2 Å². The molecule has 206 valence electrons. The number of nitrogens with two attached hydrogens (primary N) is 3. The Labute approximate surface area is 219 Å². The highest BCUT2D eigenvalue weighted by molar-refractivity contribution is 5.94. The van der Waals surface area contributed by atoms with Gasteiger partial charge in [-0.15, -0.1) is 0 Å². The second-order valence-electron chi connectivity index (χ2n) is 8.72. The number of imidazole rings is 1. The maximum absolute atomic E-state index is 13.4. The number of carbonyl (C=O) groups is 4. The van der Waals surface area contributed by atoms with Gasteiger partial charge in [0, 0.05) is 31.3 Å². The fourth-order valence-electron chi connectivity index (χ4n) is 3.46. The Balaban J connectivity index is 2.17. The number of rotatable bonds is 15. The van der Waals surface area contributed by atoms with Crippen molar-refractivity contribution in [3.8, 4) is 0 Å². The smallest absolute Gasteiger partial charge is 0.325 e. The molecule has 0 bridgehead atoms. The minimum Gasteiger partial charge on any atom is -0.480 e. The first-order valence-electron chi connectivity index (χ1n) is 12.0. The van der Waals surface area contributed by atoms with Gasteiger partial charge in [0.2, 0.25) is 17.7 Å². The standard InChI is InChI=1S/C24H35N9O5/c1-14(23(37)38)31-21(35)19(11-16-12-28-13-30-16)33-22(36)18(10-15-6-3-2-4-7-15)32-20(34)17(25)8-5-9-29-24(26)27/h2-4,6-7,12-14,17-19H,5,8-11,25H2,1H3,(H,28,30)(H,31,35)(H,32,34)(H,33,36)(H,37,38)(H4,26,27,29). The molecule has 0 spiro atoms. The predicted octanol–water partition coefficient (Wildman–Crippen LogP) is -1.87. The number of guanidine groups is 1. The van der Waals surface area contributed by atoms with Gasteiger partial charge in [-0.2, -0.15) is 0 Å². The third-order valence-corrected chi connectivity index (χ3v) is 5.56. The van der Waals surface area contributed by atoms with Crippen molar-refractivity contribution in [2.45, 2.75) is 56.8 Å². The molecule has 0 aliphatic carbocycles. The summed E-state index contributed by atoms with van der Waals surface area (Å²) in [7, 11) is 0. The van der Waals surface area contributed by atoms with Crippen LogP contribution >= 0.6 is 0 Å². The Morgan fingerprint density at radius 3 is 2.24 bits per heavy atom. The van der Waals surface area contributed by atoms with E-state index in [1.165, 1.54) is 19.4 Å². The average molecular weight is 530 g/mol. The van der Waals surface area contributed by atoms with Crippen LogP contribution in [-0.2, 0) is 32.0 Å². The molecule has 0 fully saturated rings. The third-order valence-electron chi connectivity index (χ3n) is 5.56. The number of carbonyl (C=O) groups excluding carboxylic acids is 3. The van der Waals surface area contributed by atoms with Crippen molar-refractivity contribution < 1.29 is 24.3 Å². The minimum atomic E-state index is -1.23. The molecule has 0 saturated heterocycles. The number of H-pyrrole nitrogens is 1. The second-order valence-corrected chi connectivity index (χ2v) is 8.72. The summed E-state index contributed by atoms with van der Waals surface area (Å²) in [5.41, 5.74) is 17.9. The number of hydrogen-bond donors (Lipinski definition) is 8. The van der Waals surface area contributed by atoms with Gasteiger partial charge in [-0.25, -0.2) is 4.98 Å². The minimum absolute atomic E-state index is 0.0141. The third kappa shape index (κ3) is 10.3. The second kappa shape index (κ2) is 14.9. The van der Waals surface area contributed by atoms with Crippen LogP contribution in [0.15, 0.2) is 47.8 Å². The number of carboxylic acids is 1. The monoisotopic (exact) mass is 529 g/mol. The predicted molar refractivity (Wildman–Crippen MR) is 139 cm³/mol. The van der Waals surface area contributed by atoms with Gasteiger partial charge < -0.3 is 43.2 Å². The maximum Gasteiger partial charge on any atom is 0.325 e. The van der Waals surface area contributed by atoms with Gasteiger partial charge in [0.05, 0.1) is 12.4 Å². The molecule has 38 heavy (non-hydrogen) atoms. The number of aromatic amines is 1. The van der Waals surface area contributed by atoms with Crippen molar-refractivity contribution in [3.63, 3.8) is 0 Å². The molecule has 1 aromatic carbocycles. The van der Waals surface area contributed by atoms with Crippen LogP contribution in [0.25, 0.3) is 0 Å². The van der Waals surface area contributed by atoms with E-state index >= 15 is 0 Å². The van der Waals surface area contributed by atoms with E-state index in [9.17, 15) is 19.2 Å². The van der Waals surface area contributed by atoms with E-state index in [0.29, 0.717) is 18.7 Å². The van der Waals surface area contributed by atoms with Crippen molar-refractivity contribution >= 4 is 29.7 Å². The van der Waals surface area contributed by atoms with Crippen LogP contribution < -0.4 is 33.2 Å². The van der Waals surface area contributed by atoms with Crippen molar-refractivity contribution in [1.29, 1.82) is 0 Å². The van der Waals surface area contributed by atoms with Gasteiger partial charge in [-0.1, -0.05) is 30.3 Å². The Kier molecular flexibility index (Phi) is 11.7. The van der Waals surface area contributed by atoms with Crippen molar-refractivity contribution in [2.75, 3.05) is 6.54 Å². The van der Waals surface area contributed by atoms with Crippen LogP contribution in [0.2, 0.25) is 0 Å². The van der Waals surface area contributed by atoms with E-state index in [1.807, 2.05) is 6.07 Å². The number of nitrogens with zero attached hydrogens (tertiary/aromatic N) is 2. The summed E-state index contributed by atoms with van der Waals surface area (Å²) in [4.78, 5) is 60.9. The topological polar surface area (TPSA) is 244 Å². The number of benzene rings is 1. The molecule has 4 unspecified atom stereocenters. The summed E-state index contributed by atoms with van der Waals surface area (Å²) in [6.45, 7) is 1.61. The molecule has 1 heterocycles. The van der Waals surface area contributed by atoms with Gasteiger partial charge in [0.15, 0.2) is 5.96 Å². The van der Waals surface area contributed by atoms with E-state index in [1.54, 1.807) is 24.3 Å². The molecule has 3 amide bonds. The molecule has 14 heteroatoms. The number of aromatic nitrogens is 2. The van der Waals surface area contributed by atoms with E-state index in [2.05, 4.69) is 30.9 Å². The molecule has 0 aliphatic heterocycles. The van der Waals surface area contributed by atoms with E-state index in [4.69, 9.17) is 22.3 Å². The van der Waals surface area contributed by atoms with Crippen LogP contribution in [0.4, 0.5) is 0 Å². The van der Waals surface area contributed by atoms with Gasteiger partial charge in [0.25, 0.3) is 0 Å². The zero-order valence-corrected chi connectivity index (χ0v) is 21.1. The van der Waals surface area contributed by atoms with Gasteiger partial charge >= 0.3 is 5.97 Å². The van der Waals surface area contributed by atoms with Crippen molar-refractivity contribution in [1.82, 2.24) is 25.9 Å². The Morgan fingerprint density at radius 2 is 1.63 bits per heavy atom. The number of aliphatic carboxylic acids is 1. The molecule has 14 nitrogen and oxygen atoms in total. The average Bonchev–Trinajstić information content (AvgIpc) is 3.39. The number of nitrogens with one attached hydrogen (secondary N) is 4. The van der Waals surface area contributed by atoms with Crippen LogP contribution in [-0.4, -0.2) is 75.4 Å². The summed E-state index contributed by atoms with van der Waals surface area (Å²) in [6, 6.07) is 4.69. The maximum atomic E-state index is 13.4. The zero-order chi connectivity index (χ0) is 28.1. The quantitative estimate of drug-likeness (QED) is 0.0731. The first-order valence-corrected chi connectivity index (χ1v) is 12.0. The van der Waals surface area contributed by atoms with E-state index in [0.717, 1.165) is 5.56 Å². The molecular formula is C24H35N9O5. The SMILES string of the molecule is CC(NC(=O)C(Cc1cnc[nH]1)NC(=O)C(Cc1ccccc1)NC(=O)C(N)CCCN=C(N)N)C(=O)O. The lowest BCUT2D eigenvalue weighted by atomic mass is 10.0. The molecule has 0 aliphatic rings. The van der Waals surface area contributed by atoms with E-state index < -0.39 is 47.9 Å². The number of carboxylic acid groups (broad SMARTS) is 1. The summed E-state index contributed by atoms with van der Waals surface area (Å²) >= 11 is 0. The lowest BCUT2D eigenvalue weighted by Gasteiger charge is -2.24. The van der Waals surface area contributed by atoms with Gasteiger partial charge in [-0.05, 0) is 25.3 Å². The molecular weight excluding hydrogens is 494 g/mol. The van der Waals surface area contributed by atoms with Crippen LogP contribution in [0.1, 0.15) is 31.0 Å². The van der Waals surface area contributed by atoms with Crippen LogP contribution in [0.3, 0.4) is 0 Å². The number of hydrogen-bond acceptors (Lipinski definition) is 7. The Morgan fingerprint density at radius 1 is 1.00 bits per heavy atom. The Hall–Kier alpha value is -4.46. The highest BCUT2D eigenvalue weighted by Gasteiger charge is 2.30. The summed E-state index contributed by atoms with van der Waals surface area (Å²) in [5, 5.41) is 16.8. The molecule has 1 aromatic heterocycles. The number of amides is 3. The highest BCUT2D eigenvalue weighted by atomic mass is 16.4. The first kappa shape index (κ1) is 29.8. The van der Waals surface area contributed by atoms with Gasteiger partial charge in [-0.3, -0.25) is 24.2 Å².